The standard InChI is InChI=1S/C21H28N6O/c1-4-6-10-26-14(3)11-19(25-26)24-21(28)16-12-18(15-7-8-15)23-20-17(16)13-22-27(20)9-5-2/h11-13,15H,4-10H2,1-3H3,(H,24,25,28). The molecule has 1 saturated carbocycles. The van der Waals surface area contributed by atoms with Crippen LogP contribution in [0.1, 0.15) is 73.6 Å². The van der Waals surface area contributed by atoms with Crippen LogP contribution in [0.4, 0.5) is 5.82 Å². The second-order valence-corrected chi connectivity index (χ2v) is 7.68. The van der Waals surface area contributed by atoms with E-state index in [9.17, 15) is 4.79 Å². The van der Waals surface area contributed by atoms with Gasteiger partial charge in [-0.25, -0.2) is 9.67 Å². The van der Waals surface area contributed by atoms with E-state index in [1.54, 1.807) is 6.20 Å². The lowest BCUT2D eigenvalue weighted by molar-refractivity contribution is 0.102. The largest absolute Gasteiger partial charge is 0.305 e. The number of fused-ring (bicyclic) bond motifs is 1. The van der Waals surface area contributed by atoms with Gasteiger partial charge in [-0.15, -0.1) is 0 Å². The number of unbranched alkanes of at least 4 members (excludes halogenated alkanes) is 1. The molecule has 0 atom stereocenters. The van der Waals surface area contributed by atoms with Gasteiger partial charge in [0, 0.05) is 36.5 Å². The molecule has 148 valence electrons. The molecule has 4 rings (SSSR count). The van der Waals surface area contributed by atoms with Gasteiger partial charge in [0.15, 0.2) is 11.5 Å². The normalized spacial score (nSPS) is 14.0. The van der Waals surface area contributed by atoms with Crippen LogP contribution in [0.5, 0.6) is 0 Å². The number of rotatable bonds is 8. The van der Waals surface area contributed by atoms with Crippen molar-refractivity contribution in [3.8, 4) is 0 Å². The van der Waals surface area contributed by atoms with E-state index in [1.165, 1.54) is 0 Å². The van der Waals surface area contributed by atoms with Crippen LogP contribution in [0.2, 0.25) is 0 Å². The van der Waals surface area contributed by atoms with E-state index in [0.29, 0.717) is 17.3 Å². The molecule has 1 fully saturated rings. The Kier molecular flexibility index (Phi) is 5.15. The molecule has 0 aliphatic heterocycles. The van der Waals surface area contributed by atoms with Gasteiger partial charge in [-0.2, -0.15) is 10.2 Å². The number of aromatic nitrogens is 5. The van der Waals surface area contributed by atoms with Crippen LogP contribution in [0.25, 0.3) is 11.0 Å². The third-order valence-electron chi connectivity index (χ3n) is 5.25. The zero-order valence-electron chi connectivity index (χ0n) is 16.9. The smallest absolute Gasteiger partial charge is 0.257 e. The molecular formula is C21H28N6O. The van der Waals surface area contributed by atoms with Crippen molar-refractivity contribution in [3.63, 3.8) is 0 Å². The number of carbonyl (C=O) groups excluding carboxylic acids is 1. The van der Waals surface area contributed by atoms with Gasteiger partial charge in [0.25, 0.3) is 5.91 Å². The quantitative estimate of drug-likeness (QED) is 0.633. The van der Waals surface area contributed by atoms with Gasteiger partial charge in [0.2, 0.25) is 0 Å². The van der Waals surface area contributed by atoms with Crippen molar-refractivity contribution in [2.75, 3.05) is 5.32 Å². The second kappa shape index (κ2) is 7.73. The van der Waals surface area contributed by atoms with Crippen molar-refractivity contribution in [2.24, 2.45) is 0 Å². The molecule has 0 radical (unpaired) electrons. The first-order valence-corrected chi connectivity index (χ1v) is 10.3. The molecule has 0 saturated heterocycles. The summed E-state index contributed by atoms with van der Waals surface area (Å²) < 4.78 is 3.86. The lowest BCUT2D eigenvalue weighted by Gasteiger charge is -2.08. The minimum Gasteiger partial charge on any atom is -0.305 e. The number of carbonyl (C=O) groups is 1. The summed E-state index contributed by atoms with van der Waals surface area (Å²) in [4.78, 5) is 17.9. The van der Waals surface area contributed by atoms with Gasteiger partial charge < -0.3 is 5.32 Å². The van der Waals surface area contributed by atoms with Crippen LogP contribution in [-0.2, 0) is 13.1 Å². The van der Waals surface area contributed by atoms with Gasteiger partial charge in [-0.1, -0.05) is 20.3 Å². The number of nitrogens with one attached hydrogen (secondary N) is 1. The van der Waals surface area contributed by atoms with Gasteiger partial charge in [-0.3, -0.25) is 9.48 Å². The summed E-state index contributed by atoms with van der Waals surface area (Å²) in [6.45, 7) is 7.96. The first-order chi connectivity index (χ1) is 13.6. The van der Waals surface area contributed by atoms with E-state index in [2.05, 4.69) is 29.4 Å². The predicted molar refractivity (Wildman–Crippen MR) is 110 cm³/mol. The van der Waals surface area contributed by atoms with Gasteiger partial charge in [0.05, 0.1) is 17.1 Å². The molecule has 3 aromatic rings. The number of aryl methyl sites for hydroxylation is 3. The van der Waals surface area contributed by atoms with E-state index < -0.39 is 0 Å². The minimum absolute atomic E-state index is 0.148. The van der Waals surface area contributed by atoms with Crippen molar-refractivity contribution in [2.45, 2.75) is 71.9 Å². The highest BCUT2D eigenvalue weighted by Crippen LogP contribution is 2.40. The van der Waals surface area contributed by atoms with E-state index >= 15 is 0 Å². The fourth-order valence-corrected chi connectivity index (χ4v) is 3.51. The molecule has 0 spiro atoms. The Labute approximate surface area is 165 Å². The Morgan fingerprint density at radius 3 is 2.71 bits per heavy atom. The summed E-state index contributed by atoms with van der Waals surface area (Å²) in [5.41, 5.74) is 3.49. The Morgan fingerprint density at radius 2 is 2.00 bits per heavy atom. The summed E-state index contributed by atoms with van der Waals surface area (Å²) in [5.74, 6) is 0.916. The Balaban J connectivity index is 1.65. The summed E-state index contributed by atoms with van der Waals surface area (Å²) >= 11 is 0. The average molecular weight is 380 g/mol. The summed E-state index contributed by atoms with van der Waals surface area (Å²) in [6.07, 6.45) is 7.20. The third-order valence-corrected chi connectivity index (χ3v) is 5.25. The van der Waals surface area contributed by atoms with Crippen molar-refractivity contribution in [3.05, 3.63) is 35.3 Å². The van der Waals surface area contributed by atoms with Crippen LogP contribution < -0.4 is 5.32 Å². The van der Waals surface area contributed by atoms with E-state index in [1.807, 2.05) is 28.4 Å². The molecule has 7 nitrogen and oxygen atoms in total. The molecule has 3 heterocycles. The number of nitrogens with zero attached hydrogens (tertiary/aromatic N) is 5. The van der Waals surface area contributed by atoms with E-state index in [4.69, 9.17) is 4.98 Å². The maximum Gasteiger partial charge on any atom is 0.257 e. The maximum absolute atomic E-state index is 13.1. The van der Waals surface area contributed by atoms with Gasteiger partial charge in [-0.05, 0) is 38.7 Å². The first-order valence-electron chi connectivity index (χ1n) is 10.3. The van der Waals surface area contributed by atoms with Gasteiger partial charge >= 0.3 is 0 Å². The molecule has 1 N–H and O–H groups in total. The monoisotopic (exact) mass is 380 g/mol. The van der Waals surface area contributed by atoms with Crippen LogP contribution in [0.3, 0.4) is 0 Å². The molecular weight excluding hydrogens is 352 g/mol. The highest BCUT2D eigenvalue weighted by molar-refractivity contribution is 6.11. The van der Waals surface area contributed by atoms with Crippen LogP contribution >= 0.6 is 0 Å². The van der Waals surface area contributed by atoms with Crippen molar-refractivity contribution >= 4 is 22.8 Å². The molecule has 28 heavy (non-hydrogen) atoms. The number of hydrogen-bond acceptors (Lipinski definition) is 4. The Bertz CT molecular complexity index is 998. The maximum atomic E-state index is 13.1. The molecule has 1 amide bonds. The first kappa shape index (κ1) is 18.7. The van der Waals surface area contributed by atoms with E-state index in [0.717, 1.165) is 67.6 Å². The Hall–Kier alpha value is -2.70. The fourth-order valence-electron chi connectivity index (χ4n) is 3.51. The van der Waals surface area contributed by atoms with Crippen molar-refractivity contribution in [1.82, 2.24) is 24.5 Å². The van der Waals surface area contributed by atoms with Crippen molar-refractivity contribution in [1.29, 1.82) is 0 Å². The topological polar surface area (TPSA) is 77.6 Å². The summed E-state index contributed by atoms with van der Waals surface area (Å²) in [6, 6.07) is 3.86. The SMILES string of the molecule is CCCCn1nc(NC(=O)c2cc(C3CC3)nc3c2cnn3CCC)cc1C. The van der Waals surface area contributed by atoms with Crippen LogP contribution in [0.15, 0.2) is 18.3 Å². The molecule has 0 aromatic carbocycles. The number of anilines is 1. The Morgan fingerprint density at radius 1 is 1.18 bits per heavy atom. The second-order valence-electron chi connectivity index (χ2n) is 7.68. The highest BCUT2D eigenvalue weighted by Gasteiger charge is 2.28. The highest BCUT2D eigenvalue weighted by atomic mass is 16.1. The third kappa shape index (κ3) is 3.66. The number of amides is 1. The summed E-state index contributed by atoms with van der Waals surface area (Å²) in [5, 5.41) is 12.8. The van der Waals surface area contributed by atoms with Crippen LogP contribution in [-0.4, -0.2) is 30.5 Å². The number of hydrogen-bond donors (Lipinski definition) is 1. The molecule has 7 heteroatoms. The number of pyridine rings is 1. The van der Waals surface area contributed by atoms with E-state index in [-0.39, 0.29) is 5.91 Å². The molecule has 0 bridgehead atoms. The summed E-state index contributed by atoms with van der Waals surface area (Å²) in [7, 11) is 0. The predicted octanol–water partition coefficient (Wildman–Crippen LogP) is 4.28. The fraction of sp³-hybridized carbons (Fsp3) is 0.524. The molecule has 1 aliphatic carbocycles. The zero-order valence-corrected chi connectivity index (χ0v) is 16.9. The van der Waals surface area contributed by atoms with Crippen molar-refractivity contribution < 1.29 is 4.79 Å². The zero-order chi connectivity index (χ0) is 19.7. The van der Waals surface area contributed by atoms with Crippen LogP contribution in [0, 0.1) is 6.92 Å². The lowest BCUT2D eigenvalue weighted by atomic mass is 10.1. The minimum atomic E-state index is -0.148. The molecule has 0 unspecified atom stereocenters. The molecule has 3 aromatic heterocycles. The lowest BCUT2D eigenvalue weighted by Crippen LogP contribution is -2.14. The molecule has 1 aliphatic rings. The van der Waals surface area contributed by atoms with Gasteiger partial charge in [0.1, 0.15) is 0 Å². The average Bonchev–Trinajstić information content (AvgIpc) is 3.37.